The van der Waals surface area contributed by atoms with E-state index in [-0.39, 0.29) is 11.1 Å². The number of H-pyrrole nitrogens is 1. The van der Waals surface area contributed by atoms with Gasteiger partial charge in [-0.2, -0.15) is 18.3 Å². The van der Waals surface area contributed by atoms with E-state index >= 15 is 0 Å². The maximum absolute atomic E-state index is 12.9. The SMILES string of the molecule is O=c1cc(CCCC2CC2)c2c(C(F)(F)F)n[nH]c2o1. The van der Waals surface area contributed by atoms with Gasteiger partial charge in [0, 0.05) is 6.07 Å². The van der Waals surface area contributed by atoms with Crippen molar-refractivity contribution in [2.24, 2.45) is 5.92 Å². The zero-order valence-corrected chi connectivity index (χ0v) is 10.6. The molecular weight excluding hydrogens is 273 g/mol. The lowest BCUT2D eigenvalue weighted by molar-refractivity contribution is -0.140. The smallest absolute Gasteiger partial charge is 0.404 e. The number of aryl methyl sites for hydroxylation is 1. The highest BCUT2D eigenvalue weighted by atomic mass is 19.4. The van der Waals surface area contributed by atoms with E-state index in [2.05, 4.69) is 10.2 Å². The van der Waals surface area contributed by atoms with Gasteiger partial charge in [-0.15, -0.1) is 0 Å². The van der Waals surface area contributed by atoms with E-state index in [1.807, 2.05) is 0 Å². The van der Waals surface area contributed by atoms with Crippen LogP contribution in [-0.2, 0) is 12.6 Å². The highest BCUT2D eigenvalue weighted by Gasteiger charge is 2.37. The van der Waals surface area contributed by atoms with Crippen LogP contribution in [0.25, 0.3) is 11.1 Å². The van der Waals surface area contributed by atoms with Crippen LogP contribution in [0, 0.1) is 5.92 Å². The van der Waals surface area contributed by atoms with Gasteiger partial charge in [0.15, 0.2) is 5.69 Å². The summed E-state index contributed by atoms with van der Waals surface area (Å²) in [6.07, 6.45) is 0.0228. The first-order valence-corrected chi connectivity index (χ1v) is 6.53. The van der Waals surface area contributed by atoms with E-state index in [9.17, 15) is 18.0 Å². The van der Waals surface area contributed by atoms with Crippen LogP contribution < -0.4 is 5.63 Å². The van der Waals surface area contributed by atoms with E-state index in [0.29, 0.717) is 17.9 Å². The molecule has 0 aliphatic heterocycles. The maximum Gasteiger partial charge on any atom is 0.435 e. The minimum atomic E-state index is -4.57. The molecule has 1 aliphatic rings. The molecule has 2 aromatic heterocycles. The van der Waals surface area contributed by atoms with E-state index < -0.39 is 17.5 Å². The van der Waals surface area contributed by atoms with Gasteiger partial charge in [-0.05, 0) is 24.3 Å². The summed E-state index contributed by atoms with van der Waals surface area (Å²) in [5.74, 6) is 0.706. The maximum atomic E-state index is 12.9. The zero-order chi connectivity index (χ0) is 14.3. The Balaban J connectivity index is 1.98. The Morgan fingerprint density at radius 2 is 2.15 bits per heavy atom. The largest absolute Gasteiger partial charge is 0.435 e. The van der Waals surface area contributed by atoms with Crippen LogP contribution in [0.1, 0.15) is 36.9 Å². The second kappa shape index (κ2) is 4.64. The third-order valence-electron chi connectivity index (χ3n) is 3.57. The molecule has 0 radical (unpaired) electrons. The van der Waals surface area contributed by atoms with Crippen LogP contribution in [0.15, 0.2) is 15.3 Å². The number of hydrogen-bond donors (Lipinski definition) is 1. The molecule has 1 N–H and O–H groups in total. The van der Waals surface area contributed by atoms with Crippen LogP contribution >= 0.6 is 0 Å². The Kier molecular flexibility index (Phi) is 3.07. The van der Waals surface area contributed by atoms with Crippen molar-refractivity contribution in [1.29, 1.82) is 0 Å². The van der Waals surface area contributed by atoms with Gasteiger partial charge in [-0.1, -0.05) is 19.3 Å². The van der Waals surface area contributed by atoms with Gasteiger partial charge in [0.25, 0.3) is 0 Å². The summed E-state index contributed by atoms with van der Waals surface area (Å²) in [7, 11) is 0. The quantitative estimate of drug-likeness (QED) is 0.938. The van der Waals surface area contributed by atoms with Crippen molar-refractivity contribution in [3.63, 3.8) is 0 Å². The summed E-state index contributed by atoms with van der Waals surface area (Å²) in [6, 6.07) is 1.14. The van der Waals surface area contributed by atoms with Crippen molar-refractivity contribution in [3.8, 4) is 0 Å². The summed E-state index contributed by atoms with van der Waals surface area (Å²) >= 11 is 0. The Bertz CT molecular complexity index is 683. The van der Waals surface area contributed by atoms with Crippen molar-refractivity contribution in [1.82, 2.24) is 10.2 Å². The fourth-order valence-corrected chi connectivity index (χ4v) is 2.43. The Morgan fingerprint density at radius 1 is 1.40 bits per heavy atom. The minimum Gasteiger partial charge on any atom is -0.404 e. The molecule has 0 saturated heterocycles. The monoisotopic (exact) mass is 286 g/mol. The normalized spacial score (nSPS) is 15.9. The van der Waals surface area contributed by atoms with Crippen LogP contribution in [-0.4, -0.2) is 10.2 Å². The van der Waals surface area contributed by atoms with Gasteiger partial charge in [-0.25, -0.2) is 9.89 Å². The molecule has 7 heteroatoms. The Hall–Kier alpha value is -1.79. The number of nitrogens with one attached hydrogen (secondary N) is 1. The summed E-state index contributed by atoms with van der Waals surface area (Å²) < 4.78 is 43.4. The molecule has 0 unspecified atom stereocenters. The number of rotatable bonds is 4. The van der Waals surface area contributed by atoms with E-state index in [0.717, 1.165) is 18.9 Å². The molecule has 2 heterocycles. The number of aromatic amines is 1. The van der Waals surface area contributed by atoms with Crippen LogP contribution in [0.3, 0.4) is 0 Å². The van der Waals surface area contributed by atoms with Gasteiger partial charge >= 0.3 is 11.8 Å². The number of alkyl halides is 3. The minimum absolute atomic E-state index is 0.118. The van der Waals surface area contributed by atoms with E-state index in [1.165, 1.54) is 12.8 Å². The second-order valence-electron chi connectivity index (χ2n) is 5.20. The fourth-order valence-electron chi connectivity index (χ4n) is 2.43. The third-order valence-corrected chi connectivity index (χ3v) is 3.57. The third kappa shape index (κ3) is 2.57. The van der Waals surface area contributed by atoms with E-state index in [1.54, 1.807) is 0 Å². The van der Waals surface area contributed by atoms with Gasteiger partial charge < -0.3 is 4.42 Å². The van der Waals surface area contributed by atoms with Crippen molar-refractivity contribution in [2.75, 3.05) is 0 Å². The lowest BCUT2D eigenvalue weighted by Gasteiger charge is -2.06. The molecule has 0 atom stereocenters. The molecule has 3 rings (SSSR count). The first-order valence-electron chi connectivity index (χ1n) is 6.53. The molecule has 0 amide bonds. The van der Waals surface area contributed by atoms with Crippen LogP contribution in [0.4, 0.5) is 13.2 Å². The number of fused-ring (bicyclic) bond motifs is 1. The molecule has 2 aromatic rings. The number of hydrogen-bond acceptors (Lipinski definition) is 3. The van der Waals surface area contributed by atoms with Crippen molar-refractivity contribution >= 4 is 11.1 Å². The van der Waals surface area contributed by atoms with Gasteiger partial charge in [0.05, 0.1) is 5.39 Å². The summed E-state index contributed by atoms with van der Waals surface area (Å²) in [4.78, 5) is 11.4. The summed E-state index contributed by atoms with van der Waals surface area (Å²) in [5, 5.41) is 5.27. The molecule has 1 saturated carbocycles. The topological polar surface area (TPSA) is 58.9 Å². The number of nitrogens with zero attached hydrogens (tertiary/aromatic N) is 1. The number of halogens is 3. The predicted molar refractivity (Wildman–Crippen MR) is 65.3 cm³/mol. The van der Waals surface area contributed by atoms with Gasteiger partial charge in [0.2, 0.25) is 5.71 Å². The lowest BCUT2D eigenvalue weighted by Crippen LogP contribution is -2.08. The zero-order valence-electron chi connectivity index (χ0n) is 10.6. The highest BCUT2D eigenvalue weighted by Crippen LogP contribution is 2.36. The van der Waals surface area contributed by atoms with Crippen molar-refractivity contribution in [3.05, 3.63) is 27.7 Å². The van der Waals surface area contributed by atoms with Gasteiger partial charge in [0.1, 0.15) is 0 Å². The standard InChI is InChI=1S/C13H13F3N2O2/c14-13(15,16)11-10-8(3-1-2-7-4-5-7)6-9(19)20-12(10)18-17-11/h6-7H,1-5H2,(H,17,18). The van der Waals surface area contributed by atoms with Gasteiger partial charge in [-0.3, -0.25) is 0 Å². The molecule has 0 aromatic carbocycles. The molecule has 1 fully saturated rings. The fraction of sp³-hybridized carbons (Fsp3) is 0.538. The van der Waals surface area contributed by atoms with Crippen molar-refractivity contribution < 1.29 is 17.6 Å². The highest BCUT2D eigenvalue weighted by molar-refractivity contribution is 5.80. The van der Waals surface area contributed by atoms with E-state index in [4.69, 9.17) is 4.42 Å². The van der Waals surface area contributed by atoms with Crippen LogP contribution in [0.5, 0.6) is 0 Å². The Labute approximate surface area is 112 Å². The first kappa shape index (κ1) is 13.2. The molecular formula is C13H13F3N2O2. The average molecular weight is 286 g/mol. The second-order valence-corrected chi connectivity index (χ2v) is 5.20. The predicted octanol–water partition coefficient (Wildman–Crippen LogP) is 3.27. The first-order chi connectivity index (χ1) is 9.45. The molecule has 0 bridgehead atoms. The van der Waals surface area contributed by atoms with Crippen LogP contribution in [0.2, 0.25) is 0 Å². The molecule has 20 heavy (non-hydrogen) atoms. The summed E-state index contributed by atoms with van der Waals surface area (Å²) in [6.45, 7) is 0. The molecule has 1 aliphatic carbocycles. The summed E-state index contributed by atoms with van der Waals surface area (Å²) in [5.41, 5.74) is -1.52. The Morgan fingerprint density at radius 3 is 2.80 bits per heavy atom. The lowest BCUT2D eigenvalue weighted by atomic mass is 10.0. The molecule has 4 nitrogen and oxygen atoms in total. The van der Waals surface area contributed by atoms with Crippen molar-refractivity contribution in [2.45, 2.75) is 38.3 Å². The number of aromatic nitrogens is 2. The molecule has 108 valence electrons. The molecule has 0 spiro atoms. The average Bonchev–Trinajstić information content (AvgIpc) is 3.05.